The van der Waals surface area contributed by atoms with E-state index >= 15 is 0 Å². The lowest BCUT2D eigenvalue weighted by atomic mass is 10.1. The van der Waals surface area contributed by atoms with Gasteiger partial charge in [-0.05, 0) is 6.42 Å². The molecule has 0 aromatic carbocycles. The Morgan fingerprint density at radius 3 is 1.82 bits per heavy atom. The van der Waals surface area contributed by atoms with Gasteiger partial charge in [-0.25, -0.2) is 0 Å². The molecule has 0 aromatic heterocycles. The van der Waals surface area contributed by atoms with E-state index in [4.69, 9.17) is 14.2 Å². The van der Waals surface area contributed by atoms with Crippen LogP contribution in [0, 0.1) is 0 Å². The molecule has 0 saturated heterocycles. The standard InChI is InChI=1S/C13H27BrO3/c1-5-6-7-8-9-10-11-12(14)13(15-2,16-3)17-4/h12H,5-11H2,1-4H3. The highest BCUT2D eigenvalue weighted by atomic mass is 79.9. The van der Waals surface area contributed by atoms with Gasteiger partial charge in [-0.1, -0.05) is 61.4 Å². The minimum absolute atomic E-state index is 0.0566. The molecule has 4 heteroatoms. The monoisotopic (exact) mass is 310 g/mol. The molecule has 0 aliphatic rings. The summed E-state index contributed by atoms with van der Waals surface area (Å²) in [6.45, 7) is 2.23. The van der Waals surface area contributed by atoms with Gasteiger partial charge in [0.25, 0.3) is 5.97 Å². The van der Waals surface area contributed by atoms with Gasteiger partial charge in [-0.2, -0.15) is 0 Å². The second kappa shape index (κ2) is 10.3. The number of hydrogen-bond acceptors (Lipinski definition) is 3. The third kappa shape index (κ3) is 6.18. The molecule has 0 saturated carbocycles. The summed E-state index contributed by atoms with van der Waals surface area (Å²) in [5.74, 6) is -0.955. The molecule has 0 aliphatic carbocycles. The number of rotatable bonds is 11. The van der Waals surface area contributed by atoms with Gasteiger partial charge in [0.05, 0.1) is 4.83 Å². The maximum Gasteiger partial charge on any atom is 0.295 e. The lowest BCUT2D eigenvalue weighted by Crippen LogP contribution is -2.44. The van der Waals surface area contributed by atoms with Crippen LogP contribution in [0.1, 0.15) is 51.9 Å². The predicted octanol–water partition coefficient (Wildman–Crippen LogP) is 4.09. The third-order valence-corrected chi connectivity index (χ3v) is 4.07. The number of ether oxygens (including phenoxy) is 3. The quantitative estimate of drug-likeness (QED) is 0.327. The van der Waals surface area contributed by atoms with E-state index in [1.54, 1.807) is 21.3 Å². The first kappa shape index (κ1) is 17.4. The summed E-state index contributed by atoms with van der Waals surface area (Å²) < 4.78 is 15.9. The summed E-state index contributed by atoms with van der Waals surface area (Å²) in [4.78, 5) is 0.0566. The van der Waals surface area contributed by atoms with E-state index in [9.17, 15) is 0 Å². The van der Waals surface area contributed by atoms with Crippen LogP contribution < -0.4 is 0 Å². The molecule has 0 heterocycles. The zero-order valence-corrected chi connectivity index (χ0v) is 13.2. The van der Waals surface area contributed by atoms with Gasteiger partial charge in [0.15, 0.2) is 0 Å². The van der Waals surface area contributed by atoms with Crippen molar-refractivity contribution in [3.8, 4) is 0 Å². The van der Waals surface area contributed by atoms with Crippen LogP contribution in [0.2, 0.25) is 0 Å². The van der Waals surface area contributed by atoms with Crippen LogP contribution in [0.3, 0.4) is 0 Å². The molecule has 0 aromatic rings. The summed E-state index contributed by atoms with van der Waals surface area (Å²) in [6.07, 6.45) is 8.70. The Morgan fingerprint density at radius 1 is 0.882 bits per heavy atom. The van der Waals surface area contributed by atoms with E-state index in [-0.39, 0.29) is 4.83 Å². The van der Waals surface area contributed by atoms with Crippen LogP contribution in [0.15, 0.2) is 0 Å². The lowest BCUT2D eigenvalue weighted by molar-refractivity contribution is -0.350. The summed E-state index contributed by atoms with van der Waals surface area (Å²) >= 11 is 3.59. The van der Waals surface area contributed by atoms with E-state index < -0.39 is 5.97 Å². The lowest BCUT2D eigenvalue weighted by Gasteiger charge is -2.33. The molecule has 1 atom stereocenters. The van der Waals surface area contributed by atoms with E-state index in [2.05, 4.69) is 22.9 Å². The summed E-state index contributed by atoms with van der Waals surface area (Å²) in [5.41, 5.74) is 0. The largest absolute Gasteiger partial charge is 0.330 e. The van der Waals surface area contributed by atoms with Crippen LogP contribution in [0.4, 0.5) is 0 Å². The molecule has 0 bridgehead atoms. The molecular formula is C13H27BrO3. The zero-order valence-electron chi connectivity index (χ0n) is 11.6. The number of methoxy groups -OCH3 is 3. The van der Waals surface area contributed by atoms with Gasteiger partial charge in [-0.3, -0.25) is 0 Å². The van der Waals surface area contributed by atoms with Crippen molar-refractivity contribution in [2.45, 2.75) is 62.7 Å². The molecule has 3 nitrogen and oxygen atoms in total. The highest BCUT2D eigenvalue weighted by Crippen LogP contribution is 2.28. The third-order valence-electron chi connectivity index (χ3n) is 3.05. The fourth-order valence-electron chi connectivity index (χ4n) is 1.91. The highest BCUT2D eigenvalue weighted by molar-refractivity contribution is 9.09. The molecule has 0 N–H and O–H groups in total. The maximum atomic E-state index is 5.30. The second-order valence-electron chi connectivity index (χ2n) is 4.24. The maximum absolute atomic E-state index is 5.30. The van der Waals surface area contributed by atoms with Crippen molar-refractivity contribution in [1.82, 2.24) is 0 Å². The van der Waals surface area contributed by atoms with Crippen LogP contribution >= 0.6 is 15.9 Å². The molecule has 104 valence electrons. The van der Waals surface area contributed by atoms with Crippen molar-refractivity contribution in [2.24, 2.45) is 0 Å². The average molecular weight is 311 g/mol. The number of unbranched alkanes of at least 4 members (excludes halogenated alkanes) is 5. The van der Waals surface area contributed by atoms with Gasteiger partial charge < -0.3 is 14.2 Å². The van der Waals surface area contributed by atoms with Crippen LogP contribution in [-0.4, -0.2) is 32.1 Å². The Balaban J connectivity index is 3.79. The van der Waals surface area contributed by atoms with E-state index in [1.165, 1.54) is 32.1 Å². The number of hydrogen-bond donors (Lipinski definition) is 0. The summed E-state index contributed by atoms with van der Waals surface area (Å²) in [5, 5.41) is 0. The van der Waals surface area contributed by atoms with Gasteiger partial charge in [0.1, 0.15) is 0 Å². The topological polar surface area (TPSA) is 27.7 Å². The first-order valence-electron chi connectivity index (χ1n) is 6.46. The van der Waals surface area contributed by atoms with Crippen molar-refractivity contribution in [3.63, 3.8) is 0 Å². The van der Waals surface area contributed by atoms with Crippen molar-refractivity contribution in [3.05, 3.63) is 0 Å². The minimum Gasteiger partial charge on any atom is -0.330 e. The Kier molecular flexibility index (Phi) is 10.5. The molecule has 0 aliphatic heterocycles. The molecule has 0 spiro atoms. The Morgan fingerprint density at radius 2 is 1.35 bits per heavy atom. The minimum atomic E-state index is -0.955. The van der Waals surface area contributed by atoms with Gasteiger partial charge >= 0.3 is 0 Å². The zero-order chi connectivity index (χ0) is 13.1. The number of halogens is 1. The van der Waals surface area contributed by atoms with Gasteiger partial charge in [0, 0.05) is 21.3 Å². The SMILES string of the molecule is CCCCCCCCC(Br)C(OC)(OC)OC. The second-order valence-corrected chi connectivity index (χ2v) is 5.35. The fourth-order valence-corrected chi connectivity index (χ4v) is 2.80. The Labute approximate surface area is 114 Å². The molecule has 0 amide bonds. The Hall–Kier alpha value is 0.360. The van der Waals surface area contributed by atoms with Crippen LogP contribution in [0.5, 0.6) is 0 Å². The molecular weight excluding hydrogens is 284 g/mol. The first-order valence-corrected chi connectivity index (χ1v) is 7.38. The molecule has 17 heavy (non-hydrogen) atoms. The van der Waals surface area contributed by atoms with Crippen molar-refractivity contribution < 1.29 is 14.2 Å². The molecule has 0 fully saturated rings. The van der Waals surface area contributed by atoms with E-state index in [0.717, 1.165) is 12.8 Å². The first-order chi connectivity index (χ1) is 8.16. The number of alkyl halides is 1. The fraction of sp³-hybridized carbons (Fsp3) is 1.00. The van der Waals surface area contributed by atoms with Crippen molar-refractivity contribution >= 4 is 15.9 Å². The summed E-state index contributed by atoms with van der Waals surface area (Å²) in [7, 11) is 4.80. The predicted molar refractivity (Wildman–Crippen MR) is 74.5 cm³/mol. The normalized spacial score (nSPS) is 13.9. The van der Waals surface area contributed by atoms with Crippen LogP contribution in [-0.2, 0) is 14.2 Å². The van der Waals surface area contributed by atoms with Crippen molar-refractivity contribution in [2.75, 3.05) is 21.3 Å². The smallest absolute Gasteiger partial charge is 0.295 e. The van der Waals surface area contributed by atoms with Gasteiger partial charge in [0.2, 0.25) is 0 Å². The van der Waals surface area contributed by atoms with E-state index in [1.807, 2.05) is 0 Å². The molecule has 0 radical (unpaired) electrons. The van der Waals surface area contributed by atoms with Crippen LogP contribution in [0.25, 0.3) is 0 Å². The highest BCUT2D eigenvalue weighted by Gasteiger charge is 2.37. The molecule has 1 unspecified atom stereocenters. The molecule has 0 rings (SSSR count). The summed E-state index contributed by atoms with van der Waals surface area (Å²) in [6, 6.07) is 0. The van der Waals surface area contributed by atoms with Crippen molar-refractivity contribution in [1.29, 1.82) is 0 Å². The average Bonchev–Trinajstić information content (AvgIpc) is 2.36. The van der Waals surface area contributed by atoms with Gasteiger partial charge in [-0.15, -0.1) is 0 Å². The Bertz CT molecular complexity index is 164. The van der Waals surface area contributed by atoms with E-state index in [0.29, 0.717) is 0 Å².